The van der Waals surface area contributed by atoms with Gasteiger partial charge in [-0.15, -0.1) is 0 Å². The van der Waals surface area contributed by atoms with Gasteiger partial charge in [-0.05, 0) is 6.92 Å². The molecule has 1 heterocycles. The normalized spacial score (nSPS) is 18.2. The lowest BCUT2D eigenvalue weighted by Gasteiger charge is -2.09. The molecule has 0 bridgehead atoms. The fraction of sp³-hybridized carbons (Fsp3) is 0.750. The minimum atomic E-state index is 0.706. The maximum absolute atomic E-state index is 5.53. The summed E-state index contributed by atoms with van der Waals surface area (Å²) >= 11 is 5.53. The Morgan fingerprint density at radius 2 is 2.62 bits per heavy atom. The van der Waals surface area contributed by atoms with Crippen LogP contribution in [0.25, 0.3) is 0 Å². The number of hydrogen-bond donors (Lipinski definition) is 0. The average molecular weight is 134 g/mol. The Hall–Kier alpha value is -0.440. The molecule has 0 unspecified atom stereocenters. The highest BCUT2D eigenvalue weighted by Gasteiger charge is 2.07. The molecule has 0 aromatic carbocycles. The van der Waals surface area contributed by atoms with E-state index in [1.54, 1.807) is 6.34 Å². The zero-order valence-corrected chi connectivity index (χ0v) is 5.47. The van der Waals surface area contributed by atoms with E-state index in [2.05, 4.69) is 5.10 Å². The second-order valence-corrected chi connectivity index (χ2v) is 2.03. The summed E-state index contributed by atoms with van der Waals surface area (Å²) in [5.74, 6) is 0. The van der Waals surface area contributed by atoms with Crippen molar-refractivity contribution >= 4 is 18.1 Å². The molecule has 4 heteroatoms. The quantitative estimate of drug-likeness (QED) is 0.490. The predicted octanol–water partition coefficient (Wildman–Crippen LogP) is 0.678. The molecule has 0 saturated heterocycles. The molecule has 0 N–H and O–H groups in total. The Morgan fingerprint density at radius 1 is 1.88 bits per heavy atom. The molecule has 0 saturated carbocycles. The summed E-state index contributed by atoms with van der Waals surface area (Å²) in [7, 11) is 0. The third kappa shape index (κ3) is 1.04. The molecule has 1 aliphatic rings. The van der Waals surface area contributed by atoms with Gasteiger partial charge in [0.2, 0.25) is 0 Å². The Labute approximate surface area is 53.6 Å². The molecule has 8 heavy (non-hydrogen) atoms. The lowest BCUT2D eigenvalue weighted by Crippen LogP contribution is -2.19. The van der Waals surface area contributed by atoms with E-state index >= 15 is 0 Å². The van der Waals surface area contributed by atoms with Crippen LogP contribution in [0.3, 0.4) is 0 Å². The van der Waals surface area contributed by atoms with E-state index in [9.17, 15) is 0 Å². The summed E-state index contributed by atoms with van der Waals surface area (Å²) in [5, 5.41) is 5.81. The number of rotatable bonds is 1. The second kappa shape index (κ2) is 2.22. The zero-order chi connectivity index (χ0) is 5.98. The van der Waals surface area contributed by atoms with Gasteiger partial charge < -0.3 is 0 Å². The van der Waals surface area contributed by atoms with Crippen molar-refractivity contribution < 1.29 is 0 Å². The molecule has 0 aliphatic carbocycles. The summed E-state index contributed by atoms with van der Waals surface area (Å²) < 4.78 is 1.52. The van der Waals surface area contributed by atoms with Gasteiger partial charge >= 0.3 is 0 Å². The third-order valence-corrected chi connectivity index (χ3v) is 1.20. The van der Waals surface area contributed by atoms with Crippen LogP contribution in [-0.2, 0) is 0 Å². The molecule has 0 radical (unpaired) electrons. The molecule has 0 amide bonds. The van der Waals surface area contributed by atoms with Crippen molar-refractivity contribution in [1.29, 1.82) is 0 Å². The number of nitrogens with zero attached hydrogens (tertiary/aromatic N) is 3. The van der Waals surface area contributed by atoms with Crippen molar-refractivity contribution in [2.24, 2.45) is 5.10 Å². The Kier molecular flexibility index (Phi) is 1.58. The first kappa shape index (κ1) is 5.69. The van der Waals surface area contributed by atoms with Crippen LogP contribution in [-0.4, -0.2) is 29.0 Å². The van der Waals surface area contributed by atoms with E-state index in [4.69, 9.17) is 11.8 Å². The van der Waals surface area contributed by atoms with Crippen LogP contribution in [0.2, 0.25) is 0 Å². The fourth-order valence-electron chi connectivity index (χ4n) is 0.540. The Bertz CT molecular complexity index is 103. The molecule has 0 fully saturated rings. The maximum atomic E-state index is 5.53. The van der Waals surface area contributed by atoms with Crippen molar-refractivity contribution in [3.05, 3.63) is 0 Å². The minimum Gasteiger partial charge on any atom is -0.275 e. The predicted molar refractivity (Wildman–Crippen MR) is 33.4 cm³/mol. The molecule has 1 rings (SSSR count). The first-order chi connectivity index (χ1) is 3.83. The van der Waals surface area contributed by atoms with Crippen molar-refractivity contribution in [3.63, 3.8) is 0 Å². The van der Waals surface area contributed by atoms with Crippen LogP contribution >= 0.6 is 11.8 Å². The van der Waals surface area contributed by atoms with E-state index in [-0.39, 0.29) is 0 Å². The molecular formula is C4H8ClN3. The minimum absolute atomic E-state index is 0.706. The average Bonchev–Trinajstić information content (AvgIpc) is 2.14. The van der Waals surface area contributed by atoms with Crippen LogP contribution in [0, 0.1) is 0 Å². The molecular weight excluding hydrogens is 126 g/mol. The van der Waals surface area contributed by atoms with Gasteiger partial charge in [0.25, 0.3) is 0 Å². The highest BCUT2D eigenvalue weighted by atomic mass is 35.5. The van der Waals surface area contributed by atoms with Crippen LogP contribution in [0.4, 0.5) is 0 Å². The lowest BCUT2D eigenvalue weighted by atomic mass is 10.7. The molecule has 46 valence electrons. The van der Waals surface area contributed by atoms with E-state index in [0.717, 1.165) is 6.54 Å². The SMILES string of the molecule is CCN1CN(Cl)C=N1. The molecule has 0 atom stereocenters. The van der Waals surface area contributed by atoms with Gasteiger partial charge in [-0.25, -0.2) is 0 Å². The van der Waals surface area contributed by atoms with E-state index in [1.165, 1.54) is 4.42 Å². The zero-order valence-electron chi connectivity index (χ0n) is 4.71. The van der Waals surface area contributed by atoms with Crippen molar-refractivity contribution in [2.45, 2.75) is 6.92 Å². The monoisotopic (exact) mass is 133 g/mol. The largest absolute Gasteiger partial charge is 0.275 e. The lowest BCUT2D eigenvalue weighted by molar-refractivity contribution is 0.293. The van der Waals surface area contributed by atoms with Gasteiger partial charge in [0.1, 0.15) is 13.0 Å². The van der Waals surface area contributed by atoms with Gasteiger partial charge in [0.05, 0.1) is 0 Å². The van der Waals surface area contributed by atoms with E-state index in [0.29, 0.717) is 6.67 Å². The Balaban J connectivity index is 2.34. The summed E-state index contributed by atoms with van der Waals surface area (Å²) in [6, 6.07) is 0. The van der Waals surface area contributed by atoms with Gasteiger partial charge in [0, 0.05) is 18.3 Å². The first-order valence-corrected chi connectivity index (χ1v) is 2.88. The topological polar surface area (TPSA) is 18.8 Å². The smallest absolute Gasteiger partial charge is 0.127 e. The van der Waals surface area contributed by atoms with Gasteiger partial charge in [-0.2, -0.15) is 5.10 Å². The van der Waals surface area contributed by atoms with Gasteiger partial charge in [0.15, 0.2) is 0 Å². The van der Waals surface area contributed by atoms with Crippen LogP contribution in [0.5, 0.6) is 0 Å². The summed E-state index contributed by atoms with van der Waals surface area (Å²) in [6.07, 6.45) is 1.60. The standard InChI is InChI=1S/C4H8ClN3/c1-2-8-4-7(5)3-6-8/h3H,2,4H2,1H3. The Morgan fingerprint density at radius 3 is 2.88 bits per heavy atom. The highest BCUT2D eigenvalue weighted by Crippen LogP contribution is 2.02. The number of halogens is 1. The van der Waals surface area contributed by atoms with Gasteiger partial charge in [-0.3, -0.25) is 9.43 Å². The molecule has 1 aliphatic heterocycles. The van der Waals surface area contributed by atoms with Crippen LogP contribution < -0.4 is 0 Å². The molecule has 3 nitrogen and oxygen atoms in total. The van der Waals surface area contributed by atoms with Crippen molar-refractivity contribution in [3.8, 4) is 0 Å². The van der Waals surface area contributed by atoms with Crippen molar-refractivity contribution in [2.75, 3.05) is 13.2 Å². The van der Waals surface area contributed by atoms with Crippen LogP contribution in [0.15, 0.2) is 5.10 Å². The maximum Gasteiger partial charge on any atom is 0.127 e. The van der Waals surface area contributed by atoms with Crippen LogP contribution in [0.1, 0.15) is 6.92 Å². The highest BCUT2D eigenvalue weighted by molar-refractivity contribution is 6.18. The number of hydrogen-bond acceptors (Lipinski definition) is 3. The van der Waals surface area contributed by atoms with E-state index < -0.39 is 0 Å². The molecule has 0 spiro atoms. The fourth-order valence-corrected chi connectivity index (χ4v) is 0.702. The molecule has 0 aromatic rings. The second-order valence-electron chi connectivity index (χ2n) is 1.59. The van der Waals surface area contributed by atoms with Crippen molar-refractivity contribution in [1.82, 2.24) is 9.43 Å². The third-order valence-electron chi connectivity index (χ3n) is 1.00. The number of hydrazone groups is 1. The van der Waals surface area contributed by atoms with Gasteiger partial charge in [-0.1, -0.05) is 0 Å². The molecule has 0 aromatic heterocycles. The summed E-state index contributed by atoms with van der Waals surface area (Å²) in [4.78, 5) is 0. The summed E-state index contributed by atoms with van der Waals surface area (Å²) in [5.41, 5.74) is 0. The van der Waals surface area contributed by atoms with E-state index in [1.807, 2.05) is 11.9 Å². The first-order valence-electron chi connectivity index (χ1n) is 2.54. The summed E-state index contributed by atoms with van der Waals surface area (Å²) in [6.45, 7) is 3.66.